The average Bonchev–Trinajstić information content (AvgIpc) is 3.09. The van der Waals surface area contributed by atoms with Gasteiger partial charge in [-0.05, 0) is 32.7 Å². The molecular weight excluding hydrogens is 326 g/mol. The van der Waals surface area contributed by atoms with E-state index in [0.717, 1.165) is 18.3 Å². The summed E-state index contributed by atoms with van der Waals surface area (Å²) in [6.07, 6.45) is 6.72. The van der Waals surface area contributed by atoms with Crippen LogP contribution in [0, 0.1) is 0 Å². The zero-order valence-electron chi connectivity index (χ0n) is 17.3. The monoisotopic (exact) mass is 363 g/mol. The van der Waals surface area contributed by atoms with Crippen molar-refractivity contribution >= 4 is 5.96 Å². The molecule has 0 spiro atoms. The molecule has 1 aromatic rings. The number of aromatic nitrogens is 1. The summed E-state index contributed by atoms with van der Waals surface area (Å²) >= 11 is 0. The van der Waals surface area contributed by atoms with Crippen molar-refractivity contribution in [1.82, 2.24) is 20.5 Å². The summed E-state index contributed by atoms with van der Waals surface area (Å²) in [4.78, 5) is 11.6. The van der Waals surface area contributed by atoms with Crippen molar-refractivity contribution in [3.63, 3.8) is 0 Å². The molecule has 1 saturated heterocycles. The first-order chi connectivity index (χ1) is 12.4. The van der Waals surface area contributed by atoms with Crippen molar-refractivity contribution in [2.75, 3.05) is 26.2 Å². The van der Waals surface area contributed by atoms with Gasteiger partial charge in [0.2, 0.25) is 5.89 Å². The van der Waals surface area contributed by atoms with Gasteiger partial charge in [0.1, 0.15) is 12.3 Å². The highest BCUT2D eigenvalue weighted by molar-refractivity contribution is 5.80. The number of guanidine groups is 1. The van der Waals surface area contributed by atoms with Gasteiger partial charge in [0.25, 0.3) is 0 Å². The maximum Gasteiger partial charge on any atom is 0.216 e. The third-order valence-electron chi connectivity index (χ3n) is 4.77. The molecular formula is C20H37N5O. The molecule has 0 saturated carbocycles. The molecule has 1 aliphatic heterocycles. The average molecular weight is 364 g/mol. The molecule has 0 atom stereocenters. The lowest BCUT2D eigenvalue weighted by Gasteiger charge is -2.33. The van der Waals surface area contributed by atoms with E-state index in [1.807, 2.05) is 6.20 Å². The van der Waals surface area contributed by atoms with E-state index in [0.29, 0.717) is 18.5 Å². The van der Waals surface area contributed by atoms with Crippen molar-refractivity contribution in [1.29, 1.82) is 0 Å². The lowest BCUT2D eigenvalue weighted by molar-refractivity contribution is 0.203. The number of likely N-dealkylation sites (tertiary alicyclic amines) is 1. The van der Waals surface area contributed by atoms with Crippen LogP contribution in [-0.4, -0.2) is 48.1 Å². The zero-order valence-corrected chi connectivity index (χ0v) is 17.3. The predicted molar refractivity (Wildman–Crippen MR) is 108 cm³/mol. The standard InChI is InChI=1S/C20H37N5O/c1-6-8-11-25-12-9-16(10-13-25)24-19(21-7-2)23-15-18-22-14-17(26-18)20(3,4)5/h14,16H,6-13,15H2,1-5H3,(H2,21,23,24). The van der Waals surface area contributed by atoms with Crippen LogP contribution in [0.4, 0.5) is 0 Å². The van der Waals surface area contributed by atoms with Crippen LogP contribution in [0.25, 0.3) is 0 Å². The van der Waals surface area contributed by atoms with Crippen LogP contribution in [-0.2, 0) is 12.0 Å². The Morgan fingerprint density at radius 3 is 2.62 bits per heavy atom. The first-order valence-corrected chi connectivity index (χ1v) is 10.1. The van der Waals surface area contributed by atoms with Crippen molar-refractivity contribution in [3.8, 4) is 0 Å². The van der Waals surface area contributed by atoms with Crippen LogP contribution in [0.2, 0.25) is 0 Å². The lowest BCUT2D eigenvalue weighted by atomic mass is 9.94. The van der Waals surface area contributed by atoms with Gasteiger partial charge in [-0.15, -0.1) is 0 Å². The Balaban J connectivity index is 1.86. The largest absolute Gasteiger partial charge is 0.443 e. The zero-order chi connectivity index (χ0) is 19.0. The van der Waals surface area contributed by atoms with Crippen molar-refractivity contribution in [2.45, 2.75) is 78.3 Å². The number of hydrogen-bond donors (Lipinski definition) is 2. The number of piperidine rings is 1. The number of unbranched alkanes of at least 4 members (excludes halogenated alkanes) is 1. The molecule has 2 N–H and O–H groups in total. The van der Waals surface area contributed by atoms with Crippen molar-refractivity contribution < 1.29 is 4.42 Å². The van der Waals surface area contributed by atoms with Crippen LogP contribution >= 0.6 is 0 Å². The molecule has 148 valence electrons. The second-order valence-corrected chi connectivity index (χ2v) is 8.18. The molecule has 0 amide bonds. The van der Waals surface area contributed by atoms with Gasteiger partial charge in [-0.3, -0.25) is 0 Å². The van der Waals surface area contributed by atoms with E-state index in [2.05, 4.69) is 60.1 Å². The Morgan fingerprint density at radius 2 is 2.04 bits per heavy atom. The van der Waals surface area contributed by atoms with E-state index < -0.39 is 0 Å². The number of hydrogen-bond acceptors (Lipinski definition) is 4. The molecule has 0 bridgehead atoms. The van der Waals surface area contributed by atoms with Gasteiger partial charge in [0.15, 0.2) is 5.96 Å². The Morgan fingerprint density at radius 1 is 1.31 bits per heavy atom. The van der Waals surface area contributed by atoms with Crippen LogP contribution in [0.5, 0.6) is 0 Å². The van der Waals surface area contributed by atoms with Crippen LogP contribution in [0.15, 0.2) is 15.6 Å². The Labute approximate surface area is 158 Å². The maximum absolute atomic E-state index is 5.84. The summed E-state index contributed by atoms with van der Waals surface area (Å²) in [5.74, 6) is 2.43. The summed E-state index contributed by atoms with van der Waals surface area (Å²) in [5.41, 5.74) is -0.0243. The molecule has 26 heavy (non-hydrogen) atoms. The number of rotatable bonds is 7. The number of nitrogens with zero attached hydrogens (tertiary/aromatic N) is 3. The van der Waals surface area contributed by atoms with Crippen LogP contribution in [0.3, 0.4) is 0 Å². The second kappa shape index (κ2) is 9.95. The highest BCUT2D eigenvalue weighted by atomic mass is 16.4. The Kier molecular flexibility index (Phi) is 7.94. The summed E-state index contributed by atoms with van der Waals surface area (Å²) in [5, 5.41) is 6.92. The van der Waals surface area contributed by atoms with Crippen molar-refractivity contribution in [2.24, 2.45) is 4.99 Å². The SMILES string of the molecule is CCCCN1CCC(NC(=NCc2ncc(C(C)(C)C)o2)NCC)CC1. The molecule has 0 radical (unpaired) electrons. The minimum Gasteiger partial charge on any atom is -0.443 e. The molecule has 2 rings (SSSR count). The third kappa shape index (κ3) is 6.63. The van der Waals surface area contributed by atoms with Gasteiger partial charge in [-0.25, -0.2) is 9.98 Å². The molecule has 1 fully saturated rings. The fraction of sp³-hybridized carbons (Fsp3) is 0.800. The van der Waals surface area contributed by atoms with E-state index in [-0.39, 0.29) is 5.41 Å². The van der Waals surface area contributed by atoms with E-state index >= 15 is 0 Å². The van der Waals surface area contributed by atoms with Gasteiger partial charge in [-0.1, -0.05) is 34.1 Å². The Hall–Kier alpha value is -1.56. The normalized spacial score (nSPS) is 17.5. The van der Waals surface area contributed by atoms with Gasteiger partial charge < -0.3 is 20.0 Å². The van der Waals surface area contributed by atoms with Gasteiger partial charge in [0.05, 0.1) is 6.20 Å². The quantitative estimate of drug-likeness (QED) is 0.575. The fourth-order valence-corrected chi connectivity index (χ4v) is 3.07. The van der Waals surface area contributed by atoms with Gasteiger partial charge in [0, 0.05) is 31.1 Å². The number of oxazole rings is 1. The molecule has 6 heteroatoms. The van der Waals surface area contributed by atoms with Crippen LogP contribution in [0.1, 0.15) is 72.0 Å². The van der Waals surface area contributed by atoms with Gasteiger partial charge >= 0.3 is 0 Å². The van der Waals surface area contributed by atoms with E-state index in [1.165, 1.54) is 45.3 Å². The highest BCUT2D eigenvalue weighted by Crippen LogP contribution is 2.22. The molecule has 1 aromatic heterocycles. The second-order valence-electron chi connectivity index (χ2n) is 8.18. The van der Waals surface area contributed by atoms with Crippen LogP contribution < -0.4 is 10.6 Å². The summed E-state index contributed by atoms with van der Waals surface area (Å²) in [6, 6.07) is 0.486. The first kappa shape index (κ1) is 20.7. The van der Waals surface area contributed by atoms with E-state index in [1.54, 1.807) is 0 Å². The third-order valence-corrected chi connectivity index (χ3v) is 4.77. The topological polar surface area (TPSA) is 65.7 Å². The highest BCUT2D eigenvalue weighted by Gasteiger charge is 2.20. The lowest BCUT2D eigenvalue weighted by Crippen LogP contribution is -2.48. The molecule has 2 heterocycles. The summed E-state index contributed by atoms with van der Waals surface area (Å²) in [7, 11) is 0. The Bertz CT molecular complexity index is 553. The molecule has 1 aliphatic rings. The minimum absolute atomic E-state index is 0.0243. The van der Waals surface area contributed by atoms with E-state index in [9.17, 15) is 0 Å². The van der Waals surface area contributed by atoms with Gasteiger partial charge in [-0.2, -0.15) is 0 Å². The maximum atomic E-state index is 5.84. The molecule has 0 aromatic carbocycles. The first-order valence-electron chi connectivity index (χ1n) is 10.1. The summed E-state index contributed by atoms with van der Waals surface area (Å²) < 4.78 is 5.84. The smallest absolute Gasteiger partial charge is 0.216 e. The molecule has 6 nitrogen and oxygen atoms in total. The number of aliphatic imine (C=N–C) groups is 1. The minimum atomic E-state index is -0.0243. The fourth-order valence-electron chi connectivity index (χ4n) is 3.07. The molecule has 0 unspecified atom stereocenters. The van der Waals surface area contributed by atoms with Crippen molar-refractivity contribution in [3.05, 3.63) is 17.8 Å². The molecule has 0 aliphatic carbocycles. The number of nitrogens with one attached hydrogen (secondary N) is 2. The predicted octanol–water partition coefficient (Wildman–Crippen LogP) is 3.29. The van der Waals surface area contributed by atoms with E-state index in [4.69, 9.17) is 4.42 Å². The summed E-state index contributed by atoms with van der Waals surface area (Å²) in [6.45, 7) is 15.6.